The Labute approximate surface area is 177 Å². The van der Waals surface area contributed by atoms with Gasteiger partial charge in [0, 0.05) is 12.7 Å². The van der Waals surface area contributed by atoms with Gasteiger partial charge in [-0.05, 0) is 48.2 Å². The van der Waals surface area contributed by atoms with E-state index in [1.165, 1.54) is 11.3 Å². The molecule has 0 radical (unpaired) electrons. The lowest BCUT2D eigenvalue weighted by molar-refractivity contribution is 0.0954. The molecule has 0 unspecified atom stereocenters. The van der Waals surface area contributed by atoms with Gasteiger partial charge in [0.05, 0.1) is 16.3 Å². The Bertz CT molecular complexity index is 1090. The minimum Gasteiger partial charge on any atom is -0.487 e. The molecule has 1 N–H and O–H groups in total. The van der Waals surface area contributed by atoms with Gasteiger partial charge in [-0.3, -0.25) is 9.78 Å². The molecule has 0 fully saturated rings. The number of aromatic nitrogens is 2. The van der Waals surface area contributed by atoms with Crippen molar-refractivity contribution in [2.24, 2.45) is 0 Å². The Hall–Kier alpha value is -3.03. The Morgan fingerprint density at radius 1 is 1.14 bits per heavy atom. The van der Waals surface area contributed by atoms with Crippen LogP contribution in [0.5, 0.6) is 5.75 Å². The zero-order valence-corrected chi connectivity index (χ0v) is 17.4. The molecule has 0 aliphatic heterocycles. The fourth-order valence-electron chi connectivity index (χ4n) is 2.76. The van der Waals surface area contributed by atoms with Crippen molar-refractivity contribution in [1.82, 2.24) is 15.3 Å². The number of thiophene rings is 1. The number of hydrogen-bond acceptors (Lipinski definition) is 6. The van der Waals surface area contributed by atoms with Gasteiger partial charge >= 0.3 is 0 Å². The molecule has 4 aromatic rings. The minimum absolute atomic E-state index is 0.109. The molecule has 0 aliphatic carbocycles. The molecule has 1 amide bonds. The maximum absolute atomic E-state index is 12.6. The molecular formula is C22H19N3O2S2. The van der Waals surface area contributed by atoms with Crippen LogP contribution in [0.1, 0.15) is 26.6 Å². The Morgan fingerprint density at radius 3 is 2.86 bits per heavy atom. The fourth-order valence-corrected chi connectivity index (χ4v) is 4.54. The number of rotatable bonds is 7. The van der Waals surface area contributed by atoms with Crippen molar-refractivity contribution in [3.05, 3.63) is 88.0 Å². The lowest BCUT2D eigenvalue weighted by Gasteiger charge is -2.08. The summed E-state index contributed by atoms with van der Waals surface area (Å²) in [5.41, 5.74) is 2.59. The van der Waals surface area contributed by atoms with E-state index in [1.807, 2.05) is 66.9 Å². The summed E-state index contributed by atoms with van der Waals surface area (Å²) in [6, 6.07) is 17.4. The van der Waals surface area contributed by atoms with Gasteiger partial charge in [-0.15, -0.1) is 22.7 Å². The van der Waals surface area contributed by atoms with Gasteiger partial charge in [0.15, 0.2) is 0 Å². The summed E-state index contributed by atoms with van der Waals surface area (Å²) >= 11 is 3.05. The molecular weight excluding hydrogens is 402 g/mol. The summed E-state index contributed by atoms with van der Waals surface area (Å²) in [5, 5.41) is 5.87. The average molecular weight is 422 g/mol. The molecule has 29 heavy (non-hydrogen) atoms. The van der Waals surface area contributed by atoms with E-state index >= 15 is 0 Å². The molecule has 3 heterocycles. The Morgan fingerprint density at radius 2 is 2.07 bits per heavy atom. The number of hydrogen-bond donors (Lipinski definition) is 1. The van der Waals surface area contributed by atoms with Gasteiger partial charge in [0.1, 0.15) is 22.2 Å². The molecule has 1 aromatic carbocycles. The minimum atomic E-state index is -0.109. The van der Waals surface area contributed by atoms with Crippen molar-refractivity contribution in [2.45, 2.75) is 20.1 Å². The van der Waals surface area contributed by atoms with Crippen LogP contribution in [-0.4, -0.2) is 15.9 Å². The third-order valence-electron chi connectivity index (χ3n) is 4.20. The van der Waals surface area contributed by atoms with Crippen molar-refractivity contribution in [3.63, 3.8) is 0 Å². The highest BCUT2D eigenvalue weighted by molar-refractivity contribution is 7.22. The van der Waals surface area contributed by atoms with Crippen molar-refractivity contribution in [2.75, 3.05) is 0 Å². The summed E-state index contributed by atoms with van der Waals surface area (Å²) in [6.45, 7) is 2.70. The van der Waals surface area contributed by atoms with Crippen molar-refractivity contribution in [3.8, 4) is 15.6 Å². The summed E-state index contributed by atoms with van der Waals surface area (Å²) in [4.78, 5) is 23.2. The average Bonchev–Trinajstić information content (AvgIpc) is 3.41. The monoisotopic (exact) mass is 421 g/mol. The normalized spacial score (nSPS) is 10.7. The fraction of sp³-hybridized carbons (Fsp3) is 0.136. The molecule has 4 rings (SSSR count). The maximum Gasteiger partial charge on any atom is 0.263 e. The number of ether oxygens (including phenoxy) is 1. The van der Waals surface area contributed by atoms with E-state index in [2.05, 4.69) is 15.3 Å². The number of nitrogens with zero attached hydrogens (tertiary/aromatic N) is 2. The van der Waals surface area contributed by atoms with Gasteiger partial charge in [-0.1, -0.05) is 24.3 Å². The van der Waals surface area contributed by atoms with E-state index in [-0.39, 0.29) is 5.91 Å². The molecule has 146 valence electrons. The van der Waals surface area contributed by atoms with Crippen LogP contribution in [-0.2, 0) is 13.2 Å². The van der Waals surface area contributed by atoms with Crippen LogP contribution in [0.15, 0.2) is 66.2 Å². The van der Waals surface area contributed by atoms with Crippen LogP contribution in [0.2, 0.25) is 0 Å². The first-order valence-corrected chi connectivity index (χ1v) is 10.8. The van der Waals surface area contributed by atoms with Gasteiger partial charge < -0.3 is 10.1 Å². The summed E-state index contributed by atoms with van der Waals surface area (Å²) < 4.78 is 5.81. The van der Waals surface area contributed by atoms with E-state index in [0.29, 0.717) is 18.0 Å². The van der Waals surface area contributed by atoms with Crippen LogP contribution in [0.25, 0.3) is 9.88 Å². The first-order valence-electron chi connectivity index (χ1n) is 9.10. The molecule has 5 nitrogen and oxygen atoms in total. The molecule has 7 heteroatoms. The maximum atomic E-state index is 12.6. The molecule has 0 bridgehead atoms. The highest BCUT2D eigenvalue weighted by atomic mass is 32.1. The summed E-state index contributed by atoms with van der Waals surface area (Å²) in [5.74, 6) is 0.638. The number of nitrogens with one attached hydrogen (secondary N) is 1. The zero-order valence-electron chi connectivity index (χ0n) is 15.8. The van der Waals surface area contributed by atoms with Crippen molar-refractivity contribution >= 4 is 28.6 Å². The van der Waals surface area contributed by atoms with E-state index in [1.54, 1.807) is 17.5 Å². The van der Waals surface area contributed by atoms with E-state index in [4.69, 9.17) is 4.74 Å². The van der Waals surface area contributed by atoms with E-state index < -0.39 is 0 Å². The van der Waals surface area contributed by atoms with Crippen molar-refractivity contribution < 1.29 is 9.53 Å². The highest BCUT2D eigenvalue weighted by Crippen LogP contribution is 2.31. The molecule has 0 atom stereocenters. The molecule has 3 aromatic heterocycles. The zero-order chi connectivity index (χ0) is 20.1. The SMILES string of the molecule is Cc1nc(-c2cccs2)sc1C(=O)NCc1cccc(OCc2ccccn2)c1. The number of pyridine rings is 1. The smallest absolute Gasteiger partial charge is 0.263 e. The number of benzene rings is 1. The standard InChI is InChI=1S/C22H19N3O2S2/c1-15-20(29-22(25-15)19-9-5-11-28-19)21(26)24-13-16-6-4-8-18(12-16)27-14-17-7-2-3-10-23-17/h2-12H,13-14H2,1H3,(H,24,26). The number of carbonyl (C=O) groups excluding carboxylic acids is 1. The van der Waals surface area contributed by atoms with E-state index in [9.17, 15) is 4.79 Å². The van der Waals surface area contributed by atoms with Crippen LogP contribution < -0.4 is 10.1 Å². The Kier molecular flexibility index (Phi) is 5.97. The van der Waals surface area contributed by atoms with Crippen LogP contribution in [0.3, 0.4) is 0 Å². The van der Waals surface area contributed by atoms with Crippen molar-refractivity contribution in [1.29, 1.82) is 0 Å². The second kappa shape index (κ2) is 8.98. The summed E-state index contributed by atoms with van der Waals surface area (Å²) in [7, 11) is 0. The lowest BCUT2D eigenvalue weighted by atomic mass is 10.2. The first kappa shape index (κ1) is 19.3. The van der Waals surface area contributed by atoms with E-state index in [0.717, 1.165) is 32.6 Å². The van der Waals surface area contributed by atoms with Gasteiger partial charge in [0.2, 0.25) is 0 Å². The predicted molar refractivity (Wildman–Crippen MR) is 116 cm³/mol. The second-order valence-electron chi connectivity index (χ2n) is 6.35. The number of aryl methyl sites for hydroxylation is 1. The first-order chi connectivity index (χ1) is 14.2. The quantitative estimate of drug-likeness (QED) is 0.452. The highest BCUT2D eigenvalue weighted by Gasteiger charge is 2.16. The van der Waals surface area contributed by atoms with Crippen LogP contribution in [0, 0.1) is 6.92 Å². The number of thiazole rings is 1. The molecule has 0 aliphatic rings. The molecule has 0 saturated heterocycles. The van der Waals surface area contributed by atoms with Gasteiger partial charge in [-0.25, -0.2) is 4.98 Å². The van der Waals surface area contributed by atoms with Gasteiger partial charge in [0.25, 0.3) is 5.91 Å². The number of carbonyl (C=O) groups is 1. The summed E-state index contributed by atoms with van der Waals surface area (Å²) in [6.07, 6.45) is 1.75. The predicted octanol–water partition coefficient (Wildman–Crippen LogP) is 5.08. The second-order valence-corrected chi connectivity index (χ2v) is 8.30. The lowest BCUT2D eigenvalue weighted by Crippen LogP contribution is -2.22. The van der Waals surface area contributed by atoms with Crippen LogP contribution >= 0.6 is 22.7 Å². The third kappa shape index (κ3) is 4.88. The van der Waals surface area contributed by atoms with Crippen LogP contribution in [0.4, 0.5) is 0 Å². The third-order valence-corrected chi connectivity index (χ3v) is 6.39. The Balaban J connectivity index is 1.37. The van der Waals surface area contributed by atoms with Gasteiger partial charge in [-0.2, -0.15) is 0 Å². The topological polar surface area (TPSA) is 64.1 Å². The molecule has 0 spiro atoms. The largest absolute Gasteiger partial charge is 0.487 e. The molecule has 0 saturated carbocycles. The number of amides is 1.